The minimum Gasteiger partial charge on any atom is -0.480 e. The van der Waals surface area contributed by atoms with Gasteiger partial charge in [0.2, 0.25) is 0 Å². The van der Waals surface area contributed by atoms with Gasteiger partial charge in [-0.1, -0.05) is 42.2 Å². The maximum Gasteiger partial charge on any atom is 0.334 e. The predicted octanol–water partition coefficient (Wildman–Crippen LogP) is 3.72. The number of esters is 1. The van der Waals surface area contributed by atoms with Gasteiger partial charge in [-0.3, -0.25) is 0 Å². The van der Waals surface area contributed by atoms with Crippen LogP contribution in [0.1, 0.15) is 18.1 Å². The minimum atomic E-state index is -0.424. The third-order valence-corrected chi connectivity index (χ3v) is 3.33. The van der Waals surface area contributed by atoms with Crippen molar-refractivity contribution in [1.82, 2.24) is 0 Å². The largest absolute Gasteiger partial charge is 0.480 e. The third-order valence-electron chi connectivity index (χ3n) is 2.65. The summed E-state index contributed by atoms with van der Waals surface area (Å²) in [4.78, 5) is 11.6. The fraction of sp³-hybridized carbons (Fsp3) is 0.167. The fourth-order valence-corrected chi connectivity index (χ4v) is 2.28. The molecule has 0 saturated heterocycles. The average molecular weight is 312 g/mol. The molecular formula is C18H16O3S. The van der Waals surface area contributed by atoms with Gasteiger partial charge in [-0.2, -0.15) is 11.3 Å². The van der Waals surface area contributed by atoms with E-state index in [2.05, 4.69) is 11.8 Å². The zero-order valence-electron chi connectivity index (χ0n) is 12.2. The Kier molecular flexibility index (Phi) is 6.28. The van der Waals surface area contributed by atoms with Gasteiger partial charge in [0.15, 0.2) is 0 Å². The van der Waals surface area contributed by atoms with Crippen molar-refractivity contribution in [2.24, 2.45) is 0 Å². The van der Waals surface area contributed by atoms with E-state index in [4.69, 9.17) is 9.47 Å². The van der Waals surface area contributed by atoms with E-state index in [9.17, 15) is 4.79 Å². The molecule has 0 saturated carbocycles. The van der Waals surface area contributed by atoms with Gasteiger partial charge in [-0.15, -0.1) is 0 Å². The Morgan fingerprint density at radius 1 is 1.23 bits per heavy atom. The van der Waals surface area contributed by atoms with Crippen LogP contribution < -0.4 is 0 Å². The van der Waals surface area contributed by atoms with Crippen molar-refractivity contribution >= 4 is 23.1 Å². The molecule has 2 aromatic rings. The molecule has 1 heterocycles. The summed E-state index contributed by atoms with van der Waals surface area (Å²) in [6.07, 6.45) is 1.35. The standard InChI is InChI=1S/C18H16O3S/c1-2-20-18(19)13-17(16-8-4-3-5-9-16)21-11-6-7-15-10-12-22-14-15/h3-5,8-10,12-14H,2,11H2,1H3/b17-13+. The second-order valence-corrected chi connectivity index (χ2v) is 5.01. The number of carbonyl (C=O) groups is 1. The van der Waals surface area contributed by atoms with Gasteiger partial charge in [0.1, 0.15) is 12.4 Å². The van der Waals surface area contributed by atoms with Gasteiger partial charge < -0.3 is 9.47 Å². The lowest BCUT2D eigenvalue weighted by atomic mass is 10.2. The Labute approximate surface area is 134 Å². The highest BCUT2D eigenvalue weighted by Crippen LogP contribution is 2.15. The SMILES string of the molecule is CCOC(=O)/C=C(/OCC#Cc1ccsc1)c1ccccc1. The second kappa shape index (κ2) is 8.71. The van der Waals surface area contributed by atoms with E-state index in [0.29, 0.717) is 12.4 Å². The van der Waals surface area contributed by atoms with Crippen LogP contribution in [0.3, 0.4) is 0 Å². The third kappa shape index (κ3) is 5.12. The zero-order chi connectivity index (χ0) is 15.6. The fourth-order valence-electron chi connectivity index (χ4n) is 1.69. The van der Waals surface area contributed by atoms with Gasteiger partial charge in [0.25, 0.3) is 0 Å². The smallest absolute Gasteiger partial charge is 0.334 e. The number of hydrogen-bond acceptors (Lipinski definition) is 4. The van der Waals surface area contributed by atoms with Crippen molar-refractivity contribution < 1.29 is 14.3 Å². The molecule has 1 aromatic carbocycles. The number of benzene rings is 1. The zero-order valence-corrected chi connectivity index (χ0v) is 13.1. The Balaban J connectivity index is 2.06. The van der Waals surface area contributed by atoms with Gasteiger partial charge in [-0.05, 0) is 18.4 Å². The molecule has 0 unspecified atom stereocenters. The van der Waals surface area contributed by atoms with Crippen molar-refractivity contribution in [2.75, 3.05) is 13.2 Å². The Bertz CT molecular complexity index is 676. The molecule has 3 nitrogen and oxygen atoms in total. The summed E-state index contributed by atoms with van der Waals surface area (Å²) in [5, 5.41) is 3.94. The Morgan fingerprint density at radius 2 is 2.05 bits per heavy atom. The van der Waals surface area contributed by atoms with Crippen LogP contribution in [0.4, 0.5) is 0 Å². The molecule has 1 aromatic heterocycles. The van der Waals surface area contributed by atoms with Gasteiger partial charge in [-0.25, -0.2) is 4.79 Å². The van der Waals surface area contributed by atoms with Crippen LogP contribution in [0.15, 0.2) is 53.2 Å². The Hall–Kier alpha value is -2.51. The lowest BCUT2D eigenvalue weighted by Gasteiger charge is -2.08. The quantitative estimate of drug-likeness (QED) is 0.365. The highest BCUT2D eigenvalue weighted by atomic mass is 32.1. The molecule has 0 bridgehead atoms. The summed E-state index contributed by atoms with van der Waals surface area (Å²) in [5.41, 5.74) is 1.78. The Morgan fingerprint density at radius 3 is 2.73 bits per heavy atom. The van der Waals surface area contributed by atoms with Gasteiger partial charge in [0.05, 0.1) is 12.7 Å². The molecule has 112 valence electrons. The average Bonchev–Trinajstić information content (AvgIpc) is 3.05. The van der Waals surface area contributed by atoms with Crippen LogP contribution in [0, 0.1) is 11.8 Å². The van der Waals surface area contributed by atoms with Gasteiger partial charge in [0, 0.05) is 16.5 Å². The summed E-state index contributed by atoms with van der Waals surface area (Å²) in [7, 11) is 0. The lowest BCUT2D eigenvalue weighted by Crippen LogP contribution is -2.03. The van der Waals surface area contributed by atoms with E-state index in [1.807, 2.05) is 47.2 Å². The maximum absolute atomic E-state index is 11.6. The van der Waals surface area contributed by atoms with E-state index < -0.39 is 5.97 Å². The summed E-state index contributed by atoms with van der Waals surface area (Å²) < 4.78 is 10.6. The number of hydrogen-bond donors (Lipinski definition) is 0. The normalized spacial score (nSPS) is 10.5. The molecule has 0 N–H and O–H groups in total. The number of carbonyl (C=O) groups excluding carboxylic acids is 1. The highest BCUT2D eigenvalue weighted by molar-refractivity contribution is 7.08. The van der Waals surface area contributed by atoms with Crippen LogP contribution in [0.2, 0.25) is 0 Å². The summed E-state index contributed by atoms with van der Waals surface area (Å²) in [6, 6.07) is 11.4. The first kappa shape index (κ1) is 15.9. The van der Waals surface area contributed by atoms with E-state index in [0.717, 1.165) is 11.1 Å². The monoisotopic (exact) mass is 312 g/mol. The highest BCUT2D eigenvalue weighted by Gasteiger charge is 2.06. The summed E-state index contributed by atoms with van der Waals surface area (Å²) in [5.74, 6) is 5.97. The van der Waals surface area contributed by atoms with Crippen LogP contribution in [-0.2, 0) is 14.3 Å². The van der Waals surface area contributed by atoms with Crippen LogP contribution in [0.5, 0.6) is 0 Å². The molecule has 0 aliphatic heterocycles. The summed E-state index contributed by atoms with van der Waals surface area (Å²) >= 11 is 1.60. The van der Waals surface area contributed by atoms with E-state index >= 15 is 0 Å². The van der Waals surface area contributed by atoms with Crippen molar-refractivity contribution in [3.8, 4) is 11.8 Å². The van der Waals surface area contributed by atoms with E-state index in [-0.39, 0.29) is 6.61 Å². The predicted molar refractivity (Wildman–Crippen MR) is 88.2 cm³/mol. The van der Waals surface area contributed by atoms with E-state index in [1.54, 1.807) is 18.3 Å². The molecule has 4 heteroatoms. The first-order chi connectivity index (χ1) is 10.8. The minimum absolute atomic E-state index is 0.204. The molecule has 0 fully saturated rings. The molecule has 0 amide bonds. The van der Waals surface area contributed by atoms with Crippen LogP contribution in [0.25, 0.3) is 5.76 Å². The van der Waals surface area contributed by atoms with Crippen LogP contribution >= 0.6 is 11.3 Å². The van der Waals surface area contributed by atoms with Crippen molar-refractivity contribution in [3.63, 3.8) is 0 Å². The number of rotatable bonds is 5. The molecule has 2 rings (SSSR count). The number of thiophene rings is 1. The molecule has 0 atom stereocenters. The molecular weight excluding hydrogens is 296 g/mol. The molecule has 0 radical (unpaired) electrons. The van der Waals surface area contributed by atoms with Gasteiger partial charge >= 0.3 is 5.97 Å². The van der Waals surface area contributed by atoms with Crippen LogP contribution in [-0.4, -0.2) is 19.2 Å². The second-order valence-electron chi connectivity index (χ2n) is 4.23. The van der Waals surface area contributed by atoms with E-state index in [1.165, 1.54) is 6.08 Å². The van der Waals surface area contributed by atoms with Crippen molar-refractivity contribution in [3.05, 3.63) is 64.4 Å². The van der Waals surface area contributed by atoms with Crippen molar-refractivity contribution in [1.29, 1.82) is 0 Å². The first-order valence-corrected chi connectivity index (χ1v) is 7.81. The number of ether oxygens (including phenoxy) is 2. The first-order valence-electron chi connectivity index (χ1n) is 6.87. The molecule has 22 heavy (non-hydrogen) atoms. The lowest BCUT2D eigenvalue weighted by molar-refractivity contribution is -0.137. The van der Waals surface area contributed by atoms with Crippen molar-refractivity contribution in [2.45, 2.75) is 6.92 Å². The summed E-state index contributed by atoms with van der Waals surface area (Å²) in [6.45, 7) is 2.30. The topological polar surface area (TPSA) is 35.5 Å². The molecule has 0 aliphatic rings. The molecule has 0 aliphatic carbocycles. The maximum atomic E-state index is 11.6. The molecule has 0 spiro atoms.